The second-order valence-corrected chi connectivity index (χ2v) is 11.4. The minimum Gasteiger partial charge on any atom is -0.456 e. The Morgan fingerprint density at radius 1 is 1.00 bits per heavy atom. The fourth-order valence-corrected chi connectivity index (χ4v) is 5.08. The summed E-state index contributed by atoms with van der Waals surface area (Å²) in [4.78, 5) is 27.6. The van der Waals surface area contributed by atoms with Crippen molar-refractivity contribution in [2.45, 2.75) is 39.7 Å². The summed E-state index contributed by atoms with van der Waals surface area (Å²) in [7, 11) is 0. The molecule has 0 unspecified atom stereocenters. The lowest BCUT2D eigenvalue weighted by Gasteiger charge is -2.29. The Kier molecular flexibility index (Phi) is 6.83. The molecule has 5 aromatic rings. The van der Waals surface area contributed by atoms with E-state index < -0.39 is 5.60 Å². The molecule has 1 aliphatic heterocycles. The summed E-state index contributed by atoms with van der Waals surface area (Å²) in [6.07, 6.45) is 7.36. The van der Waals surface area contributed by atoms with Crippen molar-refractivity contribution in [3.05, 3.63) is 83.7 Å². The number of amides is 1. The molecule has 0 N–H and O–H groups in total. The van der Waals surface area contributed by atoms with Crippen LogP contribution in [0.25, 0.3) is 33.3 Å². The molecule has 2 aromatic carbocycles. The lowest BCUT2D eigenvalue weighted by Crippen LogP contribution is -2.39. The quantitative estimate of drug-likeness (QED) is 0.228. The minimum absolute atomic E-state index is 0.297. The first-order valence-corrected chi connectivity index (χ1v) is 13.7. The molecule has 0 fully saturated rings. The van der Waals surface area contributed by atoms with E-state index in [0.29, 0.717) is 41.7 Å². The van der Waals surface area contributed by atoms with Crippen LogP contribution in [0.4, 0.5) is 4.79 Å². The molecule has 0 radical (unpaired) electrons. The zero-order valence-electron chi connectivity index (χ0n) is 23.3. The van der Waals surface area contributed by atoms with Crippen LogP contribution < -0.4 is 4.74 Å². The standard InChI is InChI=1S/C31H29ClN6O3/c1-19-24-13-22(20-7-10-37(11-8-20)30(39)41-31(2,3)4)14-25(29(24)35-17-33-19)21-5-6-27(26(32)15-21)40-23-9-12-38-28(16-23)34-18-36-38/h5-7,9,12-18H,8,10-11H2,1-4H3. The van der Waals surface area contributed by atoms with Gasteiger partial charge in [-0.15, -0.1) is 0 Å². The highest BCUT2D eigenvalue weighted by Gasteiger charge is 2.24. The lowest BCUT2D eigenvalue weighted by atomic mass is 9.92. The largest absolute Gasteiger partial charge is 0.456 e. The van der Waals surface area contributed by atoms with Gasteiger partial charge in [0, 0.05) is 42.0 Å². The van der Waals surface area contributed by atoms with Crippen LogP contribution in [-0.4, -0.2) is 54.2 Å². The van der Waals surface area contributed by atoms with Crippen molar-refractivity contribution in [3.63, 3.8) is 0 Å². The van der Waals surface area contributed by atoms with Crippen LogP contribution in [0.2, 0.25) is 5.02 Å². The van der Waals surface area contributed by atoms with Crippen molar-refractivity contribution in [1.82, 2.24) is 29.5 Å². The Hall–Kier alpha value is -4.50. The molecule has 208 valence electrons. The molecule has 4 heterocycles. The smallest absolute Gasteiger partial charge is 0.410 e. The second-order valence-electron chi connectivity index (χ2n) is 11.0. The molecule has 0 aliphatic carbocycles. The summed E-state index contributed by atoms with van der Waals surface area (Å²) in [5.41, 5.74) is 5.95. The molecule has 41 heavy (non-hydrogen) atoms. The van der Waals surface area contributed by atoms with Crippen molar-refractivity contribution in [2.24, 2.45) is 0 Å². The van der Waals surface area contributed by atoms with Gasteiger partial charge in [-0.2, -0.15) is 5.10 Å². The zero-order chi connectivity index (χ0) is 28.7. The topological polar surface area (TPSA) is 94.7 Å². The normalized spacial score (nSPS) is 13.9. The number of hydrogen-bond acceptors (Lipinski definition) is 7. The van der Waals surface area contributed by atoms with Gasteiger partial charge in [0.05, 0.1) is 10.5 Å². The molecule has 10 heteroatoms. The summed E-state index contributed by atoms with van der Waals surface area (Å²) in [5, 5.41) is 5.55. The van der Waals surface area contributed by atoms with E-state index in [1.54, 1.807) is 28.0 Å². The molecule has 0 spiro atoms. The number of rotatable bonds is 4. The van der Waals surface area contributed by atoms with Gasteiger partial charge >= 0.3 is 6.09 Å². The SMILES string of the molecule is Cc1ncnc2c(-c3ccc(Oc4ccn5ncnc5c4)c(Cl)c3)cc(C3=CCN(C(=O)OC(C)(C)C)CC3)cc12. The van der Waals surface area contributed by atoms with Crippen LogP contribution in [0.5, 0.6) is 11.5 Å². The third-order valence-corrected chi connectivity index (χ3v) is 7.19. The van der Waals surface area contributed by atoms with Crippen LogP contribution in [-0.2, 0) is 4.74 Å². The maximum absolute atomic E-state index is 12.6. The average Bonchev–Trinajstić information content (AvgIpc) is 3.41. The fraction of sp³-hybridized carbons (Fsp3) is 0.258. The van der Waals surface area contributed by atoms with Gasteiger partial charge in [0.15, 0.2) is 5.65 Å². The molecule has 0 atom stereocenters. The third-order valence-electron chi connectivity index (χ3n) is 6.89. The first-order chi connectivity index (χ1) is 19.6. The van der Waals surface area contributed by atoms with Gasteiger partial charge in [-0.25, -0.2) is 24.3 Å². The molecule has 3 aromatic heterocycles. The Morgan fingerprint density at radius 3 is 2.61 bits per heavy atom. The number of aromatic nitrogens is 5. The molecule has 1 aliphatic rings. The van der Waals surface area contributed by atoms with Crippen LogP contribution in [0, 0.1) is 6.92 Å². The molecule has 0 bridgehead atoms. The van der Waals surface area contributed by atoms with E-state index in [4.69, 9.17) is 21.1 Å². The van der Waals surface area contributed by atoms with E-state index in [9.17, 15) is 4.79 Å². The van der Waals surface area contributed by atoms with Crippen molar-refractivity contribution < 1.29 is 14.3 Å². The molecular weight excluding hydrogens is 540 g/mol. The van der Waals surface area contributed by atoms with Gasteiger partial charge in [0.25, 0.3) is 0 Å². The monoisotopic (exact) mass is 568 g/mol. The molecule has 6 rings (SSSR count). The van der Waals surface area contributed by atoms with Crippen molar-refractivity contribution in [3.8, 4) is 22.6 Å². The minimum atomic E-state index is -0.529. The van der Waals surface area contributed by atoms with Gasteiger partial charge in [-0.05, 0) is 81.1 Å². The number of carbonyl (C=O) groups is 1. The lowest BCUT2D eigenvalue weighted by molar-refractivity contribution is 0.0270. The molecule has 1 amide bonds. The van der Waals surface area contributed by atoms with Crippen LogP contribution >= 0.6 is 11.6 Å². The van der Waals surface area contributed by atoms with E-state index >= 15 is 0 Å². The summed E-state index contributed by atoms with van der Waals surface area (Å²) < 4.78 is 13.3. The van der Waals surface area contributed by atoms with E-state index in [0.717, 1.165) is 38.9 Å². The number of benzene rings is 2. The van der Waals surface area contributed by atoms with Gasteiger partial charge in [0.1, 0.15) is 29.8 Å². The summed E-state index contributed by atoms with van der Waals surface area (Å²) in [6.45, 7) is 8.67. The summed E-state index contributed by atoms with van der Waals surface area (Å²) in [5.74, 6) is 1.14. The van der Waals surface area contributed by atoms with Crippen LogP contribution in [0.15, 0.2) is 67.4 Å². The van der Waals surface area contributed by atoms with E-state index in [-0.39, 0.29) is 6.09 Å². The molecule has 0 saturated heterocycles. The van der Waals surface area contributed by atoms with E-state index in [2.05, 4.69) is 38.3 Å². The van der Waals surface area contributed by atoms with Crippen LogP contribution in [0.3, 0.4) is 0 Å². The number of ether oxygens (including phenoxy) is 2. The molecule has 0 saturated carbocycles. The Morgan fingerprint density at radius 2 is 1.85 bits per heavy atom. The van der Waals surface area contributed by atoms with Gasteiger partial charge in [-0.1, -0.05) is 23.7 Å². The fourth-order valence-electron chi connectivity index (χ4n) is 4.86. The van der Waals surface area contributed by atoms with Crippen molar-refractivity contribution in [2.75, 3.05) is 13.1 Å². The Labute approximate surface area is 242 Å². The highest BCUT2D eigenvalue weighted by atomic mass is 35.5. The average molecular weight is 569 g/mol. The highest BCUT2D eigenvalue weighted by Crippen LogP contribution is 2.38. The molecule has 9 nitrogen and oxygen atoms in total. The molecular formula is C31H29ClN6O3. The van der Waals surface area contributed by atoms with Crippen molar-refractivity contribution >= 4 is 39.8 Å². The predicted molar refractivity (Wildman–Crippen MR) is 158 cm³/mol. The maximum atomic E-state index is 12.6. The number of carbonyl (C=O) groups excluding carboxylic acids is 1. The maximum Gasteiger partial charge on any atom is 0.410 e. The highest BCUT2D eigenvalue weighted by molar-refractivity contribution is 6.32. The third kappa shape index (κ3) is 5.58. The predicted octanol–water partition coefficient (Wildman–Crippen LogP) is 7.12. The summed E-state index contributed by atoms with van der Waals surface area (Å²) >= 11 is 6.74. The number of nitrogens with zero attached hydrogens (tertiary/aromatic N) is 6. The number of fused-ring (bicyclic) bond motifs is 2. The summed E-state index contributed by atoms with van der Waals surface area (Å²) in [6, 6.07) is 13.6. The van der Waals surface area contributed by atoms with Crippen LogP contribution in [0.1, 0.15) is 38.4 Å². The zero-order valence-corrected chi connectivity index (χ0v) is 24.0. The number of halogens is 1. The number of hydrogen-bond donors (Lipinski definition) is 0. The van der Waals surface area contributed by atoms with E-state index in [1.165, 1.54) is 6.33 Å². The number of pyridine rings is 1. The van der Waals surface area contributed by atoms with Crippen molar-refractivity contribution in [1.29, 1.82) is 0 Å². The second kappa shape index (κ2) is 10.5. The van der Waals surface area contributed by atoms with Gasteiger partial charge in [-0.3, -0.25) is 0 Å². The Balaban J connectivity index is 1.32. The van der Waals surface area contributed by atoms with Gasteiger partial charge < -0.3 is 14.4 Å². The van der Waals surface area contributed by atoms with E-state index in [1.807, 2.05) is 52.0 Å². The first-order valence-electron chi connectivity index (χ1n) is 13.3. The number of aryl methyl sites for hydroxylation is 1. The van der Waals surface area contributed by atoms with Gasteiger partial charge in [0.2, 0.25) is 0 Å². The Bertz CT molecular complexity index is 1820. The first kappa shape index (κ1) is 26.7.